The molecule has 0 aliphatic carbocycles. The molecule has 2 N–H and O–H groups in total. The van der Waals surface area contributed by atoms with Gasteiger partial charge in [-0.3, -0.25) is 0 Å². The molecule has 5 rings (SSSR count). The van der Waals surface area contributed by atoms with Crippen molar-refractivity contribution in [2.75, 3.05) is 0 Å². The molecule has 0 saturated carbocycles. The summed E-state index contributed by atoms with van der Waals surface area (Å²) in [6.45, 7) is 8.58. The van der Waals surface area contributed by atoms with E-state index in [1.54, 1.807) is 0 Å². The number of H-pyrrole nitrogens is 2. The van der Waals surface area contributed by atoms with Gasteiger partial charge in [-0.2, -0.15) is 0 Å². The highest BCUT2D eigenvalue weighted by Crippen LogP contribution is 2.30. The van der Waals surface area contributed by atoms with Crippen LogP contribution in [0.15, 0.2) is 36.4 Å². The van der Waals surface area contributed by atoms with E-state index in [1.165, 1.54) is 22.3 Å². The lowest BCUT2D eigenvalue weighted by Gasteiger charge is -1.94. The van der Waals surface area contributed by atoms with Crippen molar-refractivity contribution in [1.82, 2.24) is 19.9 Å². The third-order valence-corrected chi connectivity index (χ3v) is 5.79. The first kappa shape index (κ1) is 16.8. The van der Waals surface area contributed by atoms with E-state index in [2.05, 4.69) is 74.1 Å². The summed E-state index contributed by atoms with van der Waals surface area (Å²) in [5, 5.41) is 0. The highest BCUT2D eigenvalue weighted by molar-refractivity contribution is 5.91. The molecule has 2 aliphatic heterocycles. The number of aryl methyl sites for hydroxylation is 2. The lowest BCUT2D eigenvalue weighted by molar-refractivity contribution is 1.26. The number of aromatic nitrogens is 4. The van der Waals surface area contributed by atoms with Crippen molar-refractivity contribution in [3.63, 3.8) is 0 Å². The Morgan fingerprint density at radius 3 is 1.89 bits per heavy atom. The van der Waals surface area contributed by atoms with E-state index < -0.39 is 0 Å². The Morgan fingerprint density at radius 2 is 1.18 bits per heavy atom. The number of allylic oxidation sites excluding steroid dienone is 2. The van der Waals surface area contributed by atoms with Gasteiger partial charge in [-0.25, -0.2) is 9.97 Å². The number of rotatable bonds is 0. The predicted octanol–water partition coefficient (Wildman–Crippen LogP) is 6.05. The van der Waals surface area contributed by atoms with Crippen LogP contribution in [0.3, 0.4) is 0 Å². The lowest BCUT2D eigenvalue weighted by Crippen LogP contribution is -1.80. The summed E-state index contributed by atoms with van der Waals surface area (Å²) in [7, 11) is 0. The zero-order valence-electron chi connectivity index (χ0n) is 16.5. The number of aromatic amines is 2. The Kier molecular flexibility index (Phi) is 3.63. The second-order valence-corrected chi connectivity index (χ2v) is 7.58. The molecule has 0 unspecified atom stereocenters. The molecule has 8 bridgehead atoms. The monoisotopic (exact) mass is 366 g/mol. The first-order valence-corrected chi connectivity index (χ1v) is 9.53. The first-order valence-electron chi connectivity index (χ1n) is 9.53. The van der Waals surface area contributed by atoms with Gasteiger partial charge < -0.3 is 9.97 Å². The summed E-state index contributed by atoms with van der Waals surface area (Å²) >= 11 is 0. The number of fused-ring (bicyclic) bond motifs is 8. The van der Waals surface area contributed by atoms with Crippen molar-refractivity contribution in [1.29, 1.82) is 0 Å². The molecule has 0 atom stereocenters. The van der Waals surface area contributed by atoms with Crippen LogP contribution in [-0.4, -0.2) is 19.9 Å². The van der Waals surface area contributed by atoms with Gasteiger partial charge in [0.2, 0.25) is 0 Å². The van der Waals surface area contributed by atoms with E-state index in [-0.39, 0.29) is 0 Å². The van der Waals surface area contributed by atoms with Gasteiger partial charge in [0.1, 0.15) is 0 Å². The van der Waals surface area contributed by atoms with Gasteiger partial charge in [0.05, 0.1) is 22.8 Å². The van der Waals surface area contributed by atoms with Crippen LogP contribution in [0, 0.1) is 13.8 Å². The van der Waals surface area contributed by atoms with Crippen LogP contribution in [0.25, 0.3) is 45.4 Å². The first-order chi connectivity index (χ1) is 13.5. The van der Waals surface area contributed by atoms with Crippen LogP contribution in [0.4, 0.5) is 0 Å². The molecule has 4 nitrogen and oxygen atoms in total. The van der Waals surface area contributed by atoms with Crippen LogP contribution < -0.4 is 0 Å². The fraction of sp³-hybridized carbons (Fsp3) is 0.167. The maximum absolute atomic E-state index is 4.89. The second-order valence-electron chi connectivity index (χ2n) is 7.58. The van der Waals surface area contributed by atoms with Crippen molar-refractivity contribution in [3.05, 3.63) is 70.3 Å². The third-order valence-electron chi connectivity index (χ3n) is 5.79. The number of hydrogen-bond donors (Lipinski definition) is 2. The average molecular weight is 366 g/mol. The standard InChI is InChI=1S/C24H22N4/c1-13-15(3)23-12-24-16(4)14(2)22(28-24)11-20-8-6-18(26-20)9-17-5-7-19(25-17)10-21(13)27-23/h5-12,25,27H,1-4H3. The summed E-state index contributed by atoms with van der Waals surface area (Å²) in [5.41, 5.74) is 13.1. The summed E-state index contributed by atoms with van der Waals surface area (Å²) in [5.74, 6) is 0. The Morgan fingerprint density at radius 1 is 0.607 bits per heavy atom. The summed E-state index contributed by atoms with van der Waals surface area (Å²) in [4.78, 5) is 16.6. The molecule has 0 spiro atoms. The number of nitrogens with zero attached hydrogens (tertiary/aromatic N) is 2. The van der Waals surface area contributed by atoms with Crippen LogP contribution in [-0.2, 0) is 0 Å². The fourth-order valence-corrected chi connectivity index (χ4v) is 3.73. The predicted molar refractivity (Wildman–Crippen MR) is 118 cm³/mol. The molecule has 3 aromatic rings. The Balaban J connectivity index is 1.92. The van der Waals surface area contributed by atoms with Gasteiger partial charge in [-0.15, -0.1) is 0 Å². The van der Waals surface area contributed by atoms with Crippen LogP contribution in [0.1, 0.15) is 47.8 Å². The molecular weight excluding hydrogens is 344 g/mol. The van der Waals surface area contributed by atoms with Gasteiger partial charge >= 0.3 is 0 Å². The largest absolute Gasteiger partial charge is 0.355 e. The molecule has 138 valence electrons. The maximum Gasteiger partial charge on any atom is 0.0691 e. The molecule has 0 saturated heterocycles. The summed E-state index contributed by atoms with van der Waals surface area (Å²) in [6, 6.07) is 12.6. The van der Waals surface area contributed by atoms with Gasteiger partial charge in [0.25, 0.3) is 0 Å². The van der Waals surface area contributed by atoms with E-state index in [0.717, 1.165) is 44.8 Å². The third kappa shape index (κ3) is 2.69. The van der Waals surface area contributed by atoms with Crippen molar-refractivity contribution < 1.29 is 0 Å². The van der Waals surface area contributed by atoms with Gasteiger partial charge in [-0.05, 0) is 98.5 Å². The van der Waals surface area contributed by atoms with Gasteiger partial charge in [0.15, 0.2) is 0 Å². The lowest BCUT2D eigenvalue weighted by atomic mass is 10.1. The van der Waals surface area contributed by atoms with Gasteiger partial charge in [0, 0.05) is 22.1 Å². The van der Waals surface area contributed by atoms with E-state index >= 15 is 0 Å². The fourth-order valence-electron chi connectivity index (χ4n) is 3.73. The molecule has 0 radical (unpaired) electrons. The van der Waals surface area contributed by atoms with Crippen molar-refractivity contribution >= 4 is 45.4 Å². The summed E-state index contributed by atoms with van der Waals surface area (Å²) < 4.78 is 0. The molecule has 0 fully saturated rings. The normalized spacial score (nSPS) is 13.4. The zero-order chi connectivity index (χ0) is 19.4. The Bertz CT molecular complexity index is 1350. The van der Waals surface area contributed by atoms with Crippen LogP contribution in [0.2, 0.25) is 0 Å². The number of nitrogens with one attached hydrogen (secondary N) is 2. The van der Waals surface area contributed by atoms with Gasteiger partial charge in [-0.1, -0.05) is 0 Å². The van der Waals surface area contributed by atoms with E-state index in [1.807, 2.05) is 12.2 Å². The molecule has 4 heteroatoms. The van der Waals surface area contributed by atoms with E-state index in [9.17, 15) is 0 Å². The Labute approximate surface area is 163 Å². The van der Waals surface area contributed by atoms with E-state index in [0.29, 0.717) is 0 Å². The highest BCUT2D eigenvalue weighted by Gasteiger charge is 2.14. The average Bonchev–Trinajstić information content (AvgIpc) is 3.41. The SMILES string of the molecule is CC1=C(C)c2cc3[nH]c(cc4ccc(cc5nc(cc1n2)C=C5)[nH]4)c(C)c3C. The highest BCUT2D eigenvalue weighted by atomic mass is 14.8. The van der Waals surface area contributed by atoms with E-state index in [4.69, 9.17) is 9.97 Å². The van der Waals surface area contributed by atoms with Crippen molar-refractivity contribution in [3.8, 4) is 0 Å². The topological polar surface area (TPSA) is 57.4 Å². The van der Waals surface area contributed by atoms with Crippen LogP contribution >= 0.6 is 0 Å². The maximum atomic E-state index is 4.89. The minimum atomic E-state index is 0.929. The second kappa shape index (κ2) is 6.06. The molecule has 2 aliphatic rings. The van der Waals surface area contributed by atoms with Crippen molar-refractivity contribution in [2.45, 2.75) is 27.7 Å². The smallest absolute Gasteiger partial charge is 0.0691 e. The minimum absolute atomic E-state index is 0.929. The molecule has 28 heavy (non-hydrogen) atoms. The molecule has 5 heterocycles. The zero-order valence-corrected chi connectivity index (χ0v) is 16.5. The number of hydrogen-bond acceptors (Lipinski definition) is 2. The molecule has 0 amide bonds. The minimum Gasteiger partial charge on any atom is -0.355 e. The Hall–Kier alpha value is -3.40. The van der Waals surface area contributed by atoms with Crippen molar-refractivity contribution in [2.24, 2.45) is 0 Å². The molecule has 0 aromatic carbocycles. The summed E-state index contributed by atoms with van der Waals surface area (Å²) in [6.07, 6.45) is 4.08. The molecular formula is C24H22N4. The molecule has 3 aromatic heterocycles. The van der Waals surface area contributed by atoms with Crippen LogP contribution in [0.5, 0.6) is 0 Å². The quantitative estimate of drug-likeness (QED) is 0.398.